The van der Waals surface area contributed by atoms with E-state index in [0.29, 0.717) is 37.5 Å². The first-order chi connectivity index (χ1) is 23.2. The summed E-state index contributed by atoms with van der Waals surface area (Å²) < 4.78 is 6.44. The normalized spacial score (nSPS) is 26.5. The number of aliphatic hydroxyl groups excluding tert-OH is 2. The molecule has 2 aromatic rings. The van der Waals surface area contributed by atoms with Gasteiger partial charge in [0.05, 0.1) is 24.4 Å². The van der Waals surface area contributed by atoms with Gasteiger partial charge in [0, 0.05) is 56.3 Å². The maximum Gasteiger partial charge on any atom is 0.183 e. The maximum atomic E-state index is 12.8. The molecule has 2 bridgehead atoms. The topological polar surface area (TPSA) is 141 Å². The Morgan fingerprint density at radius 3 is 2.88 bits per heavy atom. The molecule has 4 heterocycles. The summed E-state index contributed by atoms with van der Waals surface area (Å²) in [6, 6.07) is 9.09. The zero-order valence-corrected chi connectivity index (χ0v) is 27.4. The number of nitrogens with one attached hydrogen (secondary N) is 1. The number of nitrogens with zero attached hydrogens (tertiary/aromatic N) is 2. The first-order valence-electron chi connectivity index (χ1n) is 17.1. The molecule has 0 unspecified atom stereocenters. The zero-order chi connectivity index (χ0) is 33.4. The number of rotatable bonds is 8. The Kier molecular flexibility index (Phi) is 9.25. The second-order valence-electron chi connectivity index (χ2n) is 13.7. The van der Waals surface area contributed by atoms with Crippen molar-refractivity contribution in [2.45, 2.75) is 82.9 Å². The van der Waals surface area contributed by atoms with Crippen LogP contribution in [0.5, 0.6) is 11.5 Å². The van der Waals surface area contributed by atoms with Gasteiger partial charge in [-0.2, -0.15) is 0 Å². The summed E-state index contributed by atoms with van der Waals surface area (Å²) in [4.78, 5) is 19.6. The molecule has 7 rings (SSSR count). The maximum absolute atomic E-state index is 12.8. The van der Waals surface area contributed by atoms with Crippen LogP contribution in [-0.2, 0) is 24.1 Å². The third-order valence-corrected chi connectivity index (χ3v) is 10.4. The van der Waals surface area contributed by atoms with E-state index >= 15 is 0 Å². The molecule has 0 saturated carbocycles. The predicted molar refractivity (Wildman–Crippen MR) is 184 cm³/mol. The number of nitrogens with two attached hydrogens (primary N) is 1. The smallest absolute Gasteiger partial charge is 0.183 e. The Bertz CT molecular complexity index is 1780. The standard InChI is InChI=1S/C39H44N4O5/c1-23-5-9-25(10-6-23)36(47)19-27(44)11-7-24-8-14-35(46)37(17-24)48-38-4-2-3-34(45)29-12-13-30-28(15-16-41-39(30)40)31(29)18-26-20-42-33-22-43(38)21-32(26)33/h5,8-9,12-14,17,20,22-23,25,34,36,38-39,41,45-47H,4,6-7,10-11,15-16,18-19,21,40H2,1H3/t23-,25+,34+,36+,38+,39-/m1/s1. The average molecular weight is 649 g/mol. The number of aliphatic imine (C=N–C) groups is 1. The number of aryl methyl sites for hydroxylation is 1. The molecule has 0 spiro atoms. The lowest BCUT2D eigenvalue weighted by Crippen LogP contribution is -2.36. The molecule has 9 nitrogen and oxygen atoms in total. The van der Waals surface area contributed by atoms with E-state index in [1.54, 1.807) is 18.2 Å². The number of carbonyl (C=O) groups excluding carboxylic acids is 1. The number of allylic oxidation sites excluding steroid dienone is 2. The molecule has 0 aromatic heterocycles. The first kappa shape index (κ1) is 32.4. The minimum absolute atomic E-state index is 0.00529. The van der Waals surface area contributed by atoms with E-state index in [9.17, 15) is 20.1 Å². The van der Waals surface area contributed by atoms with E-state index in [4.69, 9.17) is 15.5 Å². The number of phenolic OH excluding ortho intramolecular Hbond substituents is 1. The van der Waals surface area contributed by atoms with Crippen molar-refractivity contribution in [2.75, 3.05) is 13.1 Å². The second kappa shape index (κ2) is 13.7. The van der Waals surface area contributed by atoms with Gasteiger partial charge in [-0.1, -0.05) is 49.1 Å². The van der Waals surface area contributed by atoms with Gasteiger partial charge in [0.25, 0.3) is 0 Å². The summed E-state index contributed by atoms with van der Waals surface area (Å²) in [5, 5.41) is 36.1. The van der Waals surface area contributed by atoms with Crippen LogP contribution in [-0.4, -0.2) is 57.6 Å². The molecular formula is C39H44N4O5. The van der Waals surface area contributed by atoms with Crippen molar-refractivity contribution in [3.8, 4) is 23.3 Å². The van der Waals surface area contributed by atoms with E-state index in [1.807, 2.05) is 29.4 Å². The van der Waals surface area contributed by atoms with Crippen molar-refractivity contribution in [2.24, 2.45) is 22.6 Å². The molecule has 0 amide bonds. The fraction of sp³-hybridized carbons (Fsp3) is 0.436. The summed E-state index contributed by atoms with van der Waals surface area (Å²) >= 11 is 0. The van der Waals surface area contributed by atoms with Crippen LogP contribution in [0.15, 0.2) is 70.5 Å². The van der Waals surface area contributed by atoms with Crippen molar-refractivity contribution < 1.29 is 24.9 Å². The molecule has 9 heteroatoms. The fourth-order valence-corrected chi connectivity index (χ4v) is 7.49. The molecule has 6 atom stereocenters. The van der Waals surface area contributed by atoms with Crippen molar-refractivity contribution >= 4 is 12.0 Å². The molecule has 48 heavy (non-hydrogen) atoms. The number of aromatic hydroxyl groups is 1. The zero-order valence-electron chi connectivity index (χ0n) is 27.4. The van der Waals surface area contributed by atoms with Crippen LogP contribution in [0.3, 0.4) is 0 Å². The molecule has 1 aliphatic carbocycles. The van der Waals surface area contributed by atoms with Crippen LogP contribution >= 0.6 is 0 Å². The highest BCUT2D eigenvalue weighted by Gasteiger charge is 2.32. The Morgan fingerprint density at radius 1 is 1.19 bits per heavy atom. The summed E-state index contributed by atoms with van der Waals surface area (Å²) in [7, 11) is 0. The number of ether oxygens (including phenoxy) is 1. The van der Waals surface area contributed by atoms with Gasteiger partial charge in [0.15, 0.2) is 17.7 Å². The van der Waals surface area contributed by atoms with Gasteiger partial charge in [0.2, 0.25) is 0 Å². The van der Waals surface area contributed by atoms with E-state index in [0.717, 1.165) is 64.9 Å². The fourth-order valence-electron chi connectivity index (χ4n) is 7.49. The third kappa shape index (κ3) is 6.71. The Hall–Kier alpha value is -4.20. The van der Waals surface area contributed by atoms with Gasteiger partial charge >= 0.3 is 0 Å². The van der Waals surface area contributed by atoms with E-state index in [2.05, 4.69) is 36.2 Å². The van der Waals surface area contributed by atoms with Crippen LogP contribution < -0.4 is 15.8 Å². The summed E-state index contributed by atoms with van der Waals surface area (Å²) in [5.41, 5.74) is 14.4. The lowest BCUT2D eigenvalue weighted by molar-refractivity contribution is -0.121. The van der Waals surface area contributed by atoms with Crippen molar-refractivity contribution in [1.82, 2.24) is 10.2 Å². The largest absolute Gasteiger partial charge is 0.504 e. The minimum atomic E-state index is -0.981. The number of benzene rings is 2. The Labute approximate surface area is 281 Å². The highest BCUT2D eigenvalue weighted by molar-refractivity contribution is 5.88. The SMILES string of the molecule is C[C@@H]1C=C[C@H]([C@@H](O)CC(=O)CCc2ccc(O)c(O[C@H]3CC#C[C@H](O)c4ccc5c(c4CC4=C6CN3C=C6N=C4)CCN[C@H]5N)c2)CC1. The molecule has 0 saturated heterocycles. The predicted octanol–water partition coefficient (Wildman–Crippen LogP) is 4.28. The van der Waals surface area contributed by atoms with E-state index < -0.39 is 18.4 Å². The van der Waals surface area contributed by atoms with E-state index in [1.165, 1.54) is 5.56 Å². The van der Waals surface area contributed by atoms with Crippen LogP contribution in [0, 0.1) is 23.7 Å². The number of hydrogen-bond donors (Lipinski definition) is 5. The molecule has 6 N–H and O–H groups in total. The Balaban J connectivity index is 1.08. The van der Waals surface area contributed by atoms with Gasteiger partial charge < -0.3 is 30.7 Å². The number of aliphatic hydroxyl groups is 2. The van der Waals surface area contributed by atoms with Crippen LogP contribution in [0.25, 0.3) is 0 Å². The molecule has 250 valence electrons. The van der Waals surface area contributed by atoms with Gasteiger partial charge in [-0.25, -0.2) is 0 Å². The van der Waals surface area contributed by atoms with Crippen molar-refractivity contribution in [3.63, 3.8) is 0 Å². The quantitative estimate of drug-likeness (QED) is 0.211. The monoisotopic (exact) mass is 648 g/mol. The molecule has 4 aliphatic heterocycles. The second-order valence-corrected chi connectivity index (χ2v) is 13.7. The van der Waals surface area contributed by atoms with Crippen LogP contribution in [0.2, 0.25) is 0 Å². The number of Topliss-reactive ketones (excluding diaryl/α,β-unsaturated/α-hetero) is 1. The molecule has 0 radical (unpaired) electrons. The highest BCUT2D eigenvalue weighted by atomic mass is 16.5. The lowest BCUT2D eigenvalue weighted by atomic mass is 9.84. The molecule has 5 aliphatic rings. The lowest BCUT2D eigenvalue weighted by Gasteiger charge is -2.29. The Morgan fingerprint density at radius 2 is 2.04 bits per heavy atom. The number of ketones is 1. The summed E-state index contributed by atoms with van der Waals surface area (Å²) in [5.74, 6) is 7.07. The van der Waals surface area contributed by atoms with Gasteiger partial charge in [-0.05, 0) is 77.1 Å². The molecule has 0 fully saturated rings. The van der Waals surface area contributed by atoms with Crippen LogP contribution in [0.1, 0.15) is 79.1 Å². The van der Waals surface area contributed by atoms with Crippen LogP contribution in [0.4, 0.5) is 0 Å². The third-order valence-electron chi connectivity index (χ3n) is 10.4. The van der Waals surface area contributed by atoms with Crippen molar-refractivity contribution in [3.05, 3.63) is 93.3 Å². The van der Waals surface area contributed by atoms with E-state index in [-0.39, 0.29) is 36.5 Å². The first-order valence-corrected chi connectivity index (χ1v) is 17.1. The average Bonchev–Trinajstić information content (AvgIpc) is 3.66. The summed E-state index contributed by atoms with van der Waals surface area (Å²) in [6.07, 6.45) is 10.2. The van der Waals surface area contributed by atoms with Crippen molar-refractivity contribution in [1.29, 1.82) is 0 Å². The van der Waals surface area contributed by atoms with Gasteiger partial charge in [-0.15, -0.1) is 0 Å². The summed E-state index contributed by atoms with van der Waals surface area (Å²) in [6.45, 7) is 3.52. The highest BCUT2D eigenvalue weighted by Crippen LogP contribution is 2.38. The minimum Gasteiger partial charge on any atom is -0.504 e. The van der Waals surface area contributed by atoms with Gasteiger partial charge in [-0.3, -0.25) is 15.1 Å². The number of hydrogen-bond acceptors (Lipinski definition) is 9. The number of phenols is 1. The van der Waals surface area contributed by atoms with Gasteiger partial charge in [0.1, 0.15) is 11.9 Å². The number of carbonyl (C=O) groups is 1. The molecule has 2 aromatic carbocycles. The number of fused-ring (bicyclic) bond motifs is 4. The molecular weight excluding hydrogens is 604 g/mol.